The molecule has 2 saturated heterocycles. The first kappa shape index (κ1) is 53.8. The molecule has 76 heavy (non-hydrogen) atoms. The van der Waals surface area contributed by atoms with E-state index in [1.807, 2.05) is 62.8 Å². The lowest BCUT2D eigenvalue weighted by Crippen LogP contribution is -2.35. The first-order valence-corrected chi connectivity index (χ1v) is 26.2. The third-order valence-corrected chi connectivity index (χ3v) is 14.7. The highest BCUT2D eigenvalue weighted by Gasteiger charge is 2.28. The number of aryl methyl sites for hydroxylation is 2. The molecule has 2 aliphatic rings. The van der Waals surface area contributed by atoms with Gasteiger partial charge in [0.1, 0.15) is 45.7 Å². The number of hydrogen-bond acceptors (Lipinski definition) is 14. The molecule has 400 valence electrons. The van der Waals surface area contributed by atoms with E-state index in [0.717, 1.165) is 88.5 Å². The van der Waals surface area contributed by atoms with Crippen molar-refractivity contribution in [2.24, 2.45) is 11.8 Å². The predicted molar refractivity (Wildman–Crippen MR) is 286 cm³/mol. The zero-order chi connectivity index (χ0) is 53.9. The monoisotopic (exact) mass is 1040 g/mol. The van der Waals surface area contributed by atoms with Crippen molar-refractivity contribution in [1.82, 2.24) is 58.8 Å². The molecule has 0 bridgehead atoms. The third kappa shape index (κ3) is 11.5. The Morgan fingerprint density at radius 1 is 0.526 bits per heavy atom. The molecule has 2 aromatic carbocycles. The Hall–Kier alpha value is -7.00. The Morgan fingerprint density at radius 3 is 1.24 bits per heavy atom. The fourth-order valence-corrected chi connectivity index (χ4v) is 10.6. The number of nitrogens with one attached hydrogen (secondary N) is 2. The summed E-state index contributed by atoms with van der Waals surface area (Å²) < 4.78 is 63.3. The molecule has 4 N–H and O–H groups in total. The zero-order valence-electron chi connectivity index (χ0n) is 44.2. The number of nitrogens with zero attached hydrogens (tertiary/aromatic N) is 12. The maximum absolute atomic E-state index is 15.0. The van der Waals surface area contributed by atoms with Crippen LogP contribution in [0.4, 0.5) is 41.1 Å². The predicted octanol–water partition coefficient (Wildman–Crippen LogP) is 11.1. The van der Waals surface area contributed by atoms with Crippen molar-refractivity contribution >= 4 is 45.6 Å². The van der Waals surface area contributed by atoms with Crippen LogP contribution in [0.25, 0.3) is 44.6 Å². The molecular formula is C56H66F4N14O2. The van der Waals surface area contributed by atoms with Crippen molar-refractivity contribution in [3.8, 4) is 22.5 Å². The fourth-order valence-electron chi connectivity index (χ4n) is 10.6. The number of hydrogen-bond donors (Lipinski definition) is 4. The number of fused-ring (bicyclic) bond motifs is 2. The summed E-state index contributed by atoms with van der Waals surface area (Å²) in [7, 11) is 0. The highest BCUT2D eigenvalue weighted by Crippen LogP contribution is 2.35. The average Bonchev–Trinajstić information content (AvgIpc) is 3.97. The van der Waals surface area contributed by atoms with Crippen molar-refractivity contribution in [3.63, 3.8) is 0 Å². The number of anilines is 4. The van der Waals surface area contributed by atoms with E-state index in [-0.39, 0.29) is 58.2 Å². The lowest BCUT2D eigenvalue weighted by molar-refractivity contribution is 0.0601. The maximum atomic E-state index is 15.0. The van der Waals surface area contributed by atoms with E-state index in [0.29, 0.717) is 45.4 Å². The summed E-state index contributed by atoms with van der Waals surface area (Å²) in [5, 5.41) is 27.7. The van der Waals surface area contributed by atoms with Crippen LogP contribution in [0.1, 0.15) is 114 Å². The van der Waals surface area contributed by atoms with Gasteiger partial charge in [-0.3, -0.25) is 0 Å². The number of aromatic nitrogens is 10. The van der Waals surface area contributed by atoms with Crippen molar-refractivity contribution in [3.05, 3.63) is 119 Å². The van der Waals surface area contributed by atoms with Crippen molar-refractivity contribution < 1.29 is 27.8 Å². The third-order valence-electron chi connectivity index (χ3n) is 14.7. The molecule has 0 aliphatic carbocycles. The molecule has 2 fully saturated rings. The van der Waals surface area contributed by atoms with Crippen molar-refractivity contribution in [2.45, 2.75) is 105 Å². The summed E-state index contributed by atoms with van der Waals surface area (Å²) in [5.41, 5.74) is 3.70. The molecule has 2 aliphatic heterocycles. The molecular weight excluding hydrogens is 977 g/mol. The highest BCUT2D eigenvalue weighted by atomic mass is 19.1. The summed E-state index contributed by atoms with van der Waals surface area (Å²) in [6.45, 7) is 21.9. The summed E-state index contributed by atoms with van der Waals surface area (Å²) in [5.74, 6) is 0.530. The fraction of sp³-hybridized carbons (Fsp3) is 0.429. The second kappa shape index (κ2) is 23.1. The van der Waals surface area contributed by atoms with E-state index in [1.165, 1.54) is 12.1 Å². The molecule has 0 unspecified atom stereocenters. The van der Waals surface area contributed by atoms with Gasteiger partial charge in [0.15, 0.2) is 23.3 Å². The van der Waals surface area contributed by atoms with Crippen LogP contribution in [-0.2, 0) is 0 Å². The van der Waals surface area contributed by atoms with E-state index < -0.39 is 35.5 Å². The number of pyridine rings is 2. The Morgan fingerprint density at radius 2 is 0.908 bits per heavy atom. The second-order valence-electron chi connectivity index (χ2n) is 20.3. The number of aliphatic hydroxyl groups excluding tert-OH is 2. The molecule has 6 aromatic heterocycles. The van der Waals surface area contributed by atoms with Gasteiger partial charge in [-0.05, 0) is 166 Å². The van der Waals surface area contributed by atoms with Crippen LogP contribution in [-0.4, -0.2) is 108 Å². The number of imidazole rings is 2. The lowest BCUT2D eigenvalue weighted by Gasteiger charge is -2.33. The normalized spacial score (nSPS) is 15.9. The van der Waals surface area contributed by atoms with Crippen LogP contribution in [0.3, 0.4) is 0 Å². The van der Waals surface area contributed by atoms with Gasteiger partial charge in [0, 0.05) is 35.6 Å². The van der Waals surface area contributed by atoms with E-state index >= 15 is 0 Å². The Bertz CT molecular complexity index is 3080. The van der Waals surface area contributed by atoms with E-state index in [1.54, 1.807) is 36.7 Å². The van der Waals surface area contributed by atoms with Crippen molar-refractivity contribution in [2.75, 3.05) is 49.9 Å². The summed E-state index contributed by atoms with van der Waals surface area (Å²) in [6.07, 6.45) is 8.04. The lowest BCUT2D eigenvalue weighted by atomic mass is 9.88. The van der Waals surface area contributed by atoms with Crippen LogP contribution >= 0.6 is 0 Å². The average molecular weight is 1040 g/mol. The number of halogens is 4. The van der Waals surface area contributed by atoms with Gasteiger partial charge in [0.2, 0.25) is 11.9 Å². The van der Waals surface area contributed by atoms with Gasteiger partial charge in [0.05, 0.1) is 35.6 Å². The van der Waals surface area contributed by atoms with Crippen LogP contribution in [0.2, 0.25) is 0 Å². The molecule has 0 amide bonds. The largest absolute Gasteiger partial charge is 0.388 e. The Kier molecular flexibility index (Phi) is 16.3. The summed E-state index contributed by atoms with van der Waals surface area (Å²) in [6, 6.07) is 13.1. The molecule has 10 rings (SSSR count). The quantitative estimate of drug-likeness (QED) is 0.0754. The number of benzene rings is 2. The zero-order valence-corrected chi connectivity index (χ0v) is 44.2. The van der Waals surface area contributed by atoms with Crippen LogP contribution < -0.4 is 10.6 Å². The number of likely N-dealkylation sites (tertiary alicyclic amines) is 2. The molecule has 8 heterocycles. The molecule has 0 saturated carbocycles. The standard InChI is InChI=1S/2C28H33F2N7O/c2*1-5-36-10-8-18(9-11-36)27(38)19-6-7-24(31-14-19)34-28-32-15-22(30)25(35-28)20-12-21(29)26-23(13-20)37(16(2)3)17(4)33-26/h2*6-7,12-16,18,27,38H,5,8-11H2,1-4H3,(H,31,32,34,35)/t2*27-/m10/s1. The molecule has 20 heteroatoms. The summed E-state index contributed by atoms with van der Waals surface area (Å²) in [4.78, 5) is 39.0. The number of aliphatic hydroxyl groups is 2. The Balaban J connectivity index is 0.000000186. The van der Waals surface area contributed by atoms with Crippen LogP contribution in [0.5, 0.6) is 0 Å². The minimum absolute atomic E-state index is 0.0251. The van der Waals surface area contributed by atoms with Gasteiger partial charge >= 0.3 is 0 Å². The van der Waals surface area contributed by atoms with Crippen LogP contribution in [0, 0.1) is 49.0 Å². The highest BCUT2D eigenvalue weighted by molar-refractivity contribution is 5.84. The minimum atomic E-state index is -0.665. The van der Waals surface area contributed by atoms with Gasteiger partial charge < -0.3 is 39.8 Å². The van der Waals surface area contributed by atoms with Gasteiger partial charge in [0.25, 0.3) is 0 Å². The SMILES string of the molecule is CCN1CCC([C@@H](O)c2ccc(Nc3ncc(F)c(-c4cc(F)c5nc(C)n(C(C)C)c5c4)n3)nc2)CC1.CCN1CCC([C@H](O)c2ccc(Nc3ncc(F)c(-c4cc(F)c5nc(C)n(C(C)C)c5c4)n3)nc2)CC1. The van der Waals surface area contributed by atoms with Crippen molar-refractivity contribution in [1.29, 1.82) is 0 Å². The van der Waals surface area contributed by atoms with Gasteiger partial charge in [-0.2, -0.15) is 0 Å². The first-order valence-electron chi connectivity index (χ1n) is 26.2. The topological polar surface area (TPSA) is 184 Å². The maximum Gasteiger partial charge on any atom is 0.229 e. The molecule has 0 spiro atoms. The Labute approximate surface area is 439 Å². The molecule has 2 atom stereocenters. The van der Waals surface area contributed by atoms with Gasteiger partial charge in [-0.15, -0.1) is 0 Å². The van der Waals surface area contributed by atoms with Gasteiger partial charge in [-0.1, -0.05) is 26.0 Å². The summed E-state index contributed by atoms with van der Waals surface area (Å²) >= 11 is 0. The van der Waals surface area contributed by atoms with Gasteiger partial charge in [-0.25, -0.2) is 57.4 Å². The molecule has 0 radical (unpaired) electrons. The molecule has 8 aromatic rings. The minimum Gasteiger partial charge on any atom is -0.388 e. The van der Waals surface area contributed by atoms with E-state index in [4.69, 9.17) is 0 Å². The van der Waals surface area contributed by atoms with E-state index in [2.05, 4.69) is 74.2 Å². The smallest absolute Gasteiger partial charge is 0.229 e. The first-order chi connectivity index (χ1) is 36.5. The van der Waals surface area contributed by atoms with E-state index in [9.17, 15) is 27.8 Å². The van der Waals surface area contributed by atoms with Crippen LogP contribution in [0.15, 0.2) is 73.3 Å². The number of rotatable bonds is 14. The number of piperidine rings is 2. The molecule has 16 nitrogen and oxygen atoms in total. The second-order valence-corrected chi connectivity index (χ2v) is 20.3.